The Bertz CT molecular complexity index is 2090. The molecule has 58 heavy (non-hydrogen) atoms. The van der Waals surface area contributed by atoms with Crippen molar-refractivity contribution in [3.05, 3.63) is 96.2 Å². The molecule has 12 heteroatoms. The van der Waals surface area contributed by atoms with E-state index < -0.39 is 5.41 Å². The van der Waals surface area contributed by atoms with Crippen LogP contribution in [0.1, 0.15) is 68.4 Å². The summed E-state index contributed by atoms with van der Waals surface area (Å²) in [5.41, 5.74) is 4.55. The first kappa shape index (κ1) is 39.3. The quantitative estimate of drug-likeness (QED) is 0.192. The number of para-hydroxylation sites is 2. The second-order valence-electron chi connectivity index (χ2n) is 16.6. The van der Waals surface area contributed by atoms with Crippen molar-refractivity contribution in [2.24, 2.45) is 5.92 Å². The van der Waals surface area contributed by atoms with Crippen LogP contribution in [0.2, 0.25) is 0 Å². The predicted molar refractivity (Wildman–Crippen MR) is 224 cm³/mol. The van der Waals surface area contributed by atoms with Gasteiger partial charge in [0.1, 0.15) is 11.5 Å². The number of likely N-dealkylation sites (N-methyl/N-ethyl adjacent to an activating group) is 1. The SMILES string of the molecule is COc1ccccc1C1(C(=O)N(C)C2CCN(CC3CCN(c4ccc([C@H]5CCC(=O)NC5=O)cc4)CC3)CC2)CCN(c2cnnc(-c3ccccc3O)c2)CC1. The Kier molecular flexibility index (Phi) is 11.6. The molecule has 1 aromatic heterocycles. The summed E-state index contributed by atoms with van der Waals surface area (Å²) in [6, 6.07) is 25.6. The van der Waals surface area contributed by atoms with E-state index in [-0.39, 0.29) is 35.4 Å². The van der Waals surface area contributed by atoms with Gasteiger partial charge in [0.15, 0.2) is 0 Å². The lowest BCUT2D eigenvalue weighted by molar-refractivity contribution is -0.140. The van der Waals surface area contributed by atoms with Crippen molar-refractivity contribution in [1.82, 2.24) is 25.3 Å². The Morgan fingerprint density at radius 1 is 0.862 bits per heavy atom. The number of rotatable bonds is 10. The average molecular weight is 786 g/mol. The van der Waals surface area contributed by atoms with Crippen molar-refractivity contribution in [2.75, 3.05) is 69.8 Å². The maximum Gasteiger partial charge on any atom is 0.234 e. The number of ether oxygens (including phenoxy) is 1. The number of anilines is 2. The molecule has 3 aromatic carbocycles. The first-order valence-electron chi connectivity index (χ1n) is 20.9. The number of benzene rings is 3. The van der Waals surface area contributed by atoms with Gasteiger partial charge in [0.25, 0.3) is 0 Å². The molecule has 8 rings (SSSR count). The molecule has 5 heterocycles. The molecule has 0 spiro atoms. The zero-order valence-corrected chi connectivity index (χ0v) is 33.7. The van der Waals surface area contributed by atoms with Crippen LogP contribution in [0.15, 0.2) is 85.1 Å². The Morgan fingerprint density at radius 3 is 2.26 bits per heavy atom. The van der Waals surface area contributed by atoms with Crippen LogP contribution in [0.3, 0.4) is 0 Å². The zero-order valence-electron chi connectivity index (χ0n) is 33.7. The molecule has 304 valence electrons. The smallest absolute Gasteiger partial charge is 0.234 e. The van der Waals surface area contributed by atoms with Crippen LogP contribution in [0.5, 0.6) is 11.5 Å². The molecular weight excluding hydrogens is 731 g/mol. The number of nitrogens with zero attached hydrogens (tertiary/aromatic N) is 6. The monoisotopic (exact) mass is 785 g/mol. The highest BCUT2D eigenvalue weighted by Gasteiger charge is 2.47. The summed E-state index contributed by atoms with van der Waals surface area (Å²) in [6.07, 6.45) is 8.15. The maximum atomic E-state index is 14.9. The maximum absolute atomic E-state index is 14.9. The van der Waals surface area contributed by atoms with Crippen molar-refractivity contribution in [3.63, 3.8) is 0 Å². The van der Waals surface area contributed by atoms with Crippen molar-refractivity contribution >= 4 is 29.1 Å². The van der Waals surface area contributed by atoms with E-state index in [1.165, 1.54) is 5.69 Å². The van der Waals surface area contributed by atoms with E-state index in [0.717, 1.165) is 81.0 Å². The minimum atomic E-state index is -0.727. The number of amides is 3. The molecule has 2 N–H and O–H groups in total. The van der Waals surface area contributed by atoms with Gasteiger partial charge in [-0.25, -0.2) is 0 Å². The third-order valence-corrected chi connectivity index (χ3v) is 13.3. The molecule has 0 saturated carbocycles. The van der Waals surface area contributed by atoms with Crippen LogP contribution in [0, 0.1) is 5.92 Å². The van der Waals surface area contributed by atoms with Crippen LogP contribution < -0.4 is 19.9 Å². The number of phenols is 1. The van der Waals surface area contributed by atoms with E-state index in [1.807, 2.05) is 60.5 Å². The zero-order chi connectivity index (χ0) is 40.2. The van der Waals surface area contributed by atoms with Gasteiger partial charge in [-0.15, -0.1) is 0 Å². The van der Waals surface area contributed by atoms with Crippen LogP contribution in [-0.4, -0.2) is 109 Å². The van der Waals surface area contributed by atoms with Gasteiger partial charge in [-0.2, -0.15) is 10.2 Å². The molecule has 1 atom stereocenters. The number of carbonyl (C=O) groups is 3. The van der Waals surface area contributed by atoms with E-state index in [1.54, 1.807) is 25.4 Å². The minimum absolute atomic E-state index is 0.162. The molecule has 4 fully saturated rings. The molecule has 0 radical (unpaired) electrons. The molecule has 3 amide bonds. The largest absolute Gasteiger partial charge is 0.507 e. The Morgan fingerprint density at radius 2 is 1.55 bits per heavy atom. The molecule has 0 aliphatic carbocycles. The van der Waals surface area contributed by atoms with E-state index in [0.29, 0.717) is 55.9 Å². The molecule has 4 aromatic rings. The van der Waals surface area contributed by atoms with Crippen molar-refractivity contribution in [2.45, 2.75) is 68.7 Å². The normalized spacial score (nSPS) is 20.8. The van der Waals surface area contributed by atoms with E-state index in [2.05, 4.69) is 48.4 Å². The minimum Gasteiger partial charge on any atom is -0.507 e. The number of likely N-dealkylation sites (tertiary alicyclic amines) is 1. The fourth-order valence-electron chi connectivity index (χ4n) is 9.80. The summed E-state index contributed by atoms with van der Waals surface area (Å²) in [7, 11) is 3.69. The van der Waals surface area contributed by atoms with Gasteiger partial charge >= 0.3 is 0 Å². The van der Waals surface area contributed by atoms with Crippen molar-refractivity contribution < 1.29 is 24.2 Å². The molecule has 12 nitrogen and oxygen atoms in total. The number of carbonyl (C=O) groups excluding carboxylic acids is 3. The summed E-state index contributed by atoms with van der Waals surface area (Å²) in [5.74, 6) is 1.08. The Labute approximate surface area is 341 Å². The van der Waals surface area contributed by atoms with E-state index in [4.69, 9.17) is 4.74 Å². The number of aromatic hydroxyl groups is 1. The van der Waals surface area contributed by atoms with Crippen molar-refractivity contribution in [3.8, 4) is 22.8 Å². The van der Waals surface area contributed by atoms with Gasteiger partial charge in [-0.3, -0.25) is 19.7 Å². The third kappa shape index (κ3) is 8.12. The lowest BCUT2D eigenvalue weighted by Crippen LogP contribution is -2.56. The summed E-state index contributed by atoms with van der Waals surface area (Å²) in [6.45, 7) is 6.39. The van der Waals surface area contributed by atoms with Crippen LogP contribution >= 0.6 is 0 Å². The average Bonchev–Trinajstić information content (AvgIpc) is 3.27. The summed E-state index contributed by atoms with van der Waals surface area (Å²) >= 11 is 0. The first-order chi connectivity index (χ1) is 28.2. The van der Waals surface area contributed by atoms with Crippen LogP contribution in [-0.2, 0) is 19.8 Å². The predicted octanol–water partition coefficient (Wildman–Crippen LogP) is 5.76. The van der Waals surface area contributed by atoms with Crippen LogP contribution in [0.25, 0.3) is 11.3 Å². The highest BCUT2D eigenvalue weighted by atomic mass is 16.5. The summed E-state index contributed by atoms with van der Waals surface area (Å²) in [4.78, 5) is 48.2. The summed E-state index contributed by atoms with van der Waals surface area (Å²) < 4.78 is 5.88. The van der Waals surface area contributed by atoms with Crippen LogP contribution in [0.4, 0.5) is 11.4 Å². The van der Waals surface area contributed by atoms with Gasteiger partial charge < -0.3 is 29.4 Å². The molecular formula is C46H55N7O5. The lowest BCUT2D eigenvalue weighted by atomic mass is 9.70. The van der Waals surface area contributed by atoms with Gasteiger partial charge in [0.2, 0.25) is 17.7 Å². The van der Waals surface area contributed by atoms with Gasteiger partial charge in [-0.05, 0) is 92.8 Å². The number of phenolic OH excluding ortho intramolecular Hbond substituents is 1. The fourth-order valence-corrected chi connectivity index (χ4v) is 9.80. The second kappa shape index (κ2) is 17.2. The highest BCUT2D eigenvalue weighted by Crippen LogP contribution is 2.44. The number of hydrogen-bond acceptors (Lipinski definition) is 10. The highest BCUT2D eigenvalue weighted by molar-refractivity contribution is 6.01. The molecule has 0 unspecified atom stereocenters. The molecule has 4 saturated heterocycles. The third-order valence-electron chi connectivity index (χ3n) is 13.3. The van der Waals surface area contributed by atoms with Crippen molar-refractivity contribution in [1.29, 1.82) is 0 Å². The van der Waals surface area contributed by atoms with Gasteiger partial charge in [0.05, 0.1) is 36.0 Å². The number of hydrogen-bond donors (Lipinski definition) is 2. The number of nitrogens with one attached hydrogen (secondary N) is 1. The van der Waals surface area contributed by atoms with Gasteiger partial charge in [-0.1, -0.05) is 42.5 Å². The standard InChI is InChI=1S/C46H55N7O5/c1-50(34-19-23-51(24-20-34)31-32-17-25-52(26-18-32)35-13-11-33(12-14-35)37-15-16-43(55)48-44(37)56)45(57)46(39-8-4-6-10-42(39)58-2)21-27-53(28-22-46)36-29-40(49-47-30-36)38-7-3-5-9-41(38)54/h3-14,29-30,32,34,37,54H,15-28,31H2,1-2H3,(H,48,55,56)/t37-/m1/s1. The number of piperidine rings is 4. The molecule has 0 bridgehead atoms. The fraction of sp³-hybridized carbons (Fsp3) is 0.457. The summed E-state index contributed by atoms with van der Waals surface area (Å²) in [5, 5.41) is 21.5. The Balaban J connectivity index is 0.865. The van der Waals surface area contributed by atoms with E-state index in [9.17, 15) is 19.5 Å². The second-order valence-corrected chi connectivity index (χ2v) is 16.6. The number of imide groups is 1. The Hall–Kier alpha value is -5.49. The number of methoxy groups -OCH3 is 1. The number of aromatic nitrogens is 2. The first-order valence-corrected chi connectivity index (χ1v) is 20.9. The molecule has 4 aliphatic heterocycles. The molecule has 4 aliphatic rings. The van der Waals surface area contributed by atoms with E-state index >= 15 is 0 Å². The van der Waals surface area contributed by atoms with Gasteiger partial charge in [0, 0.05) is 82.1 Å². The topological polar surface area (TPSA) is 131 Å². The lowest BCUT2D eigenvalue weighted by Gasteiger charge is -2.46.